The van der Waals surface area contributed by atoms with Crippen molar-refractivity contribution >= 4 is 7.82 Å². The molecule has 2 atom stereocenters. The number of rotatable bonds is 32. The molecule has 0 saturated heterocycles. The average molecular weight is 612 g/mol. The van der Waals surface area contributed by atoms with E-state index in [2.05, 4.69) is 6.92 Å². The van der Waals surface area contributed by atoms with Crippen LogP contribution in [0.1, 0.15) is 116 Å². The first kappa shape index (κ1) is 40.9. The molecule has 0 saturated carbocycles. The third kappa shape index (κ3) is 29.7. The molecule has 0 spiro atoms. The summed E-state index contributed by atoms with van der Waals surface area (Å²) in [6.45, 7) is 4.18. The van der Waals surface area contributed by atoms with E-state index in [0.717, 1.165) is 32.1 Å². The molecule has 0 aliphatic carbocycles. The Morgan fingerprint density at radius 2 is 1.17 bits per heavy atom. The Bertz CT molecular complexity index is 601. The largest absolute Gasteiger partial charge is 0.756 e. The Morgan fingerprint density at radius 1 is 0.659 bits per heavy atom. The number of phosphoric acid groups is 1. The van der Waals surface area contributed by atoms with Crippen molar-refractivity contribution in [1.82, 2.24) is 0 Å². The van der Waals surface area contributed by atoms with Gasteiger partial charge in [-0.2, -0.15) is 0 Å². The van der Waals surface area contributed by atoms with Crippen LogP contribution in [0.15, 0.2) is 0 Å². The van der Waals surface area contributed by atoms with Crippen molar-refractivity contribution in [2.45, 2.75) is 128 Å². The van der Waals surface area contributed by atoms with E-state index in [9.17, 15) is 9.46 Å². The van der Waals surface area contributed by atoms with Gasteiger partial charge in [0.25, 0.3) is 7.82 Å². The molecule has 0 aliphatic rings. The van der Waals surface area contributed by atoms with E-state index < -0.39 is 13.9 Å². The number of ether oxygens (including phenoxy) is 4. The highest BCUT2D eigenvalue weighted by molar-refractivity contribution is 7.45. The van der Waals surface area contributed by atoms with E-state index in [-0.39, 0.29) is 26.1 Å². The Balaban J connectivity index is 4.12. The van der Waals surface area contributed by atoms with Crippen molar-refractivity contribution in [2.24, 2.45) is 0 Å². The van der Waals surface area contributed by atoms with Crippen LogP contribution in [0.25, 0.3) is 0 Å². The van der Waals surface area contributed by atoms with Crippen molar-refractivity contribution < 1.29 is 41.9 Å². The second kappa shape index (κ2) is 27.5. The van der Waals surface area contributed by atoms with Gasteiger partial charge in [0.05, 0.1) is 34.4 Å². The van der Waals surface area contributed by atoms with E-state index in [0.29, 0.717) is 24.2 Å². The zero-order chi connectivity index (χ0) is 30.7. The Labute approximate surface area is 253 Å². The van der Waals surface area contributed by atoms with Crippen LogP contribution in [0.2, 0.25) is 0 Å². The highest BCUT2D eigenvalue weighted by Gasteiger charge is 2.18. The molecule has 0 aromatic carbocycles. The molecular formula is C31H66NO8P. The van der Waals surface area contributed by atoms with Crippen LogP contribution >= 0.6 is 7.82 Å². The number of unbranched alkanes of at least 4 members (excludes halogenated alkanes) is 14. The molecule has 0 heterocycles. The van der Waals surface area contributed by atoms with Crippen molar-refractivity contribution in [3.63, 3.8) is 0 Å². The van der Waals surface area contributed by atoms with Gasteiger partial charge in [-0.1, -0.05) is 90.4 Å². The molecule has 9 nitrogen and oxygen atoms in total. The maximum atomic E-state index is 12.2. The number of phosphoric ester groups is 1. The van der Waals surface area contributed by atoms with E-state index in [1.807, 2.05) is 21.1 Å². The number of hydrogen-bond acceptors (Lipinski definition) is 8. The first-order valence-electron chi connectivity index (χ1n) is 16.3. The monoisotopic (exact) mass is 611 g/mol. The molecule has 10 heteroatoms. The first-order valence-corrected chi connectivity index (χ1v) is 17.7. The van der Waals surface area contributed by atoms with E-state index in [4.69, 9.17) is 28.0 Å². The van der Waals surface area contributed by atoms with Crippen LogP contribution in [-0.2, 0) is 32.6 Å². The van der Waals surface area contributed by atoms with Gasteiger partial charge in [-0.05, 0) is 25.7 Å². The van der Waals surface area contributed by atoms with Gasteiger partial charge in [-0.15, -0.1) is 0 Å². The van der Waals surface area contributed by atoms with E-state index >= 15 is 0 Å². The fourth-order valence-electron chi connectivity index (χ4n) is 4.39. The number of methoxy groups -OCH3 is 2. The smallest absolute Gasteiger partial charge is 0.268 e. The predicted octanol–water partition coefficient (Wildman–Crippen LogP) is 6.87. The summed E-state index contributed by atoms with van der Waals surface area (Å²) in [6, 6.07) is 0. The van der Waals surface area contributed by atoms with E-state index in [1.165, 1.54) is 77.0 Å². The normalized spacial score (nSPS) is 14.5. The summed E-state index contributed by atoms with van der Waals surface area (Å²) in [5.41, 5.74) is 0. The Kier molecular flexibility index (Phi) is 27.4. The van der Waals surface area contributed by atoms with Gasteiger partial charge in [0, 0.05) is 27.4 Å². The van der Waals surface area contributed by atoms with Gasteiger partial charge in [0.15, 0.2) is 6.29 Å². The standard InChI is InChI=1S/C31H66NO8P/c1-7-8-9-10-11-12-13-14-15-16-17-18-19-21-25-37-28-30(38-26-22-20-23-31(35-5)36-6)29-40-41(33,34)39-27-24-32(2,3)4/h30-31H,7-29H2,1-6H3/t30-/m1/s1. The van der Waals surface area contributed by atoms with Crippen LogP contribution in [0.5, 0.6) is 0 Å². The zero-order valence-corrected chi connectivity index (χ0v) is 28.5. The quantitative estimate of drug-likeness (QED) is 0.0352. The summed E-state index contributed by atoms with van der Waals surface area (Å²) in [7, 11) is 4.76. The van der Waals surface area contributed by atoms with E-state index in [1.54, 1.807) is 14.2 Å². The van der Waals surface area contributed by atoms with Gasteiger partial charge in [-0.3, -0.25) is 4.57 Å². The number of likely N-dealkylation sites (N-methyl/N-ethyl adjacent to an activating group) is 1. The van der Waals surface area contributed by atoms with Gasteiger partial charge >= 0.3 is 0 Å². The van der Waals surface area contributed by atoms with Crippen LogP contribution in [0.3, 0.4) is 0 Å². The van der Waals surface area contributed by atoms with Crippen molar-refractivity contribution in [3.05, 3.63) is 0 Å². The average Bonchev–Trinajstić information content (AvgIpc) is 2.92. The highest BCUT2D eigenvalue weighted by atomic mass is 31.2. The second-order valence-electron chi connectivity index (χ2n) is 12.2. The summed E-state index contributed by atoms with van der Waals surface area (Å²) in [6.07, 6.45) is 20.2. The molecule has 0 aromatic rings. The highest BCUT2D eigenvalue weighted by Crippen LogP contribution is 2.38. The van der Waals surface area contributed by atoms with Crippen LogP contribution < -0.4 is 4.89 Å². The predicted molar refractivity (Wildman–Crippen MR) is 165 cm³/mol. The lowest BCUT2D eigenvalue weighted by Crippen LogP contribution is -2.37. The Hall–Kier alpha value is -0.0900. The molecular weight excluding hydrogens is 545 g/mol. The van der Waals surface area contributed by atoms with Crippen molar-refractivity contribution in [1.29, 1.82) is 0 Å². The third-order valence-corrected chi connectivity index (χ3v) is 8.05. The molecule has 0 N–H and O–H groups in total. The molecule has 0 rings (SSSR count). The maximum Gasteiger partial charge on any atom is 0.268 e. The molecule has 1 unspecified atom stereocenters. The summed E-state index contributed by atoms with van der Waals surface area (Å²) in [5, 5.41) is 0. The minimum atomic E-state index is -4.40. The SMILES string of the molecule is CCCCCCCCCCCCCCCCOC[C@H](COP(=O)([O-])OCC[N+](C)(C)C)OCCCCC(OC)OC. The number of hydrogen-bond donors (Lipinski definition) is 0. The van der Waals surface area contributed by atoms with Crippen LogP contribution in [0, 0.1) is 0 Å². The molecule has 41 heavy (non-hydrogen) atoms. The van der Waals surface area contributed by atoms with Crippen molar-refractivity contribution in [3.8, 4) is 0 Å². The van der Waals surface area contributed by atoms with Crippen molar-refractivity contribution in [2.75, 3.05) is 74.9 Å². The third-order valence-electron chi connectivity index (χ3n) is 7.09. The first-order chi connectivity index (χ1) is 19.6. The molecule has 248 valence electrons. The number of nitrogens with zero attached hydrogens (tertiary/aromatic N) is 1. The Morgan fingerprint density at radius 3 is 1.68 bits per heavy atom. The lowest BCUT2D eigenvalue weighted by Gasteiger charge is -2.28. The second-order valence-corrected chi connectivity index (χ2v) is 13.6. The summed E-state index contributed by atoms with van der Waals surface area (Å²) in [4.78, 5) is 12.2. The molecule has 0 radical (unpaired) electrons. The summed E-state index contributed by atoms with van der Waals surface area (Å²) >= 11 is 0. The van der Waals surface area contributed by atoms with Gasteiger partial charge in [0.2, 0.25) is 0 Å². The van der Waals surface area contributed by atoms with Gasteiger partial charge in [0.1, 0.15) is 19.3 Å². The fraction of sp³-hybridized carbons (Fsp3) is 1.00. The van der Waals surface area contributed by atoms with Gasteiger partial charge in [-0.25, -0.2) is 0 Å². The fourth-order valence-corrected chi connectivity index (χ4v) is 5.12. The molecule has 0 fully saturated rings. The van der Waals surface area contributed by atoms with Crippen LogP contribution in [-0.4, -0.2) is 91.8 Å². The maximum absolute atomic E-state index is 12.2. The lowest BCUT2D eigenvalue weighted by molar-refractivity contribution is -0.870. The lowest BCUT2D eigenvalue weighted by atomic mass is 10.0. The molecule has 0 aromatic heterocycles. The summed E-state index contributed by atoms with van der Waals surface area (Å²) < 4.78 is 45.2. The van der Waals surface area contributed by atoms with Gasteiger partial charge < -0.3 is 37.4 Å². The summed E-state index contributed by atoms with van der Waals surface area (Å²) in [5.74, 6) is 0. The zero-order valence-electron chi connectivity index (χ0n) is 27.6. The number of quaternary nitrogens is 1. The minimum Gasteiger partial charge on any atom is -0.756 e. The topological polar surface area (TPSA) is 95.5 Å². The minimum absolute atomic E-state index is 0.0750. The molecule has 0 aliphatic heterocycles. The van der Waals surface area contributed by atoms with Crippen LogP contribution in [0.4, 0.5) is 0 Å². The molecule has 0 bridgehead atoms. The molecule has 0 amide bonds.